The summed E-state index contributed by atoms with van der Waals surface area (Å²) in [5, 5.41) is 8.35. The SMILES string of the molecule is Fc1cccc(-c2cn3nc(NCc4ccco4)sc3n2)c1. The van der Waals surface area contributed by atoms with Crippen LogP contribution in [-0.4, -0.2) is 14.6 Å². The standard InChI is InChI=1S/C15H11FN4OS/c16-11-4-1-3-10(7-11)13-9-20-15(18-13)22-14(19-20)17-8-12-5-2-6-21-12/h1-7,9H,8H2,(H,17,19). The molecule has 0 amide bonds. The monoisotopic (exact) mass is 314 g/mol. The largest absolute Gasteiger partial charge is 0.467 e. The van der Waals surface area contributed by atoms with E-state index in [1.807, 2.05) is 18.2 Å². The van der Waals surface area contributed by atoms with Crippen molar-refractivity contribution in [3.63, 3.8) is 0 Å². The fourth-order valence-electron chi connectivity index (χ4n) is 2.13. The molecule has 4 rings (SSSR count). The number of anilines is 1. The Morgan fingerprint density at radius 2 is 2.23 bits per heavy atom. The predicted molar refractivity (Wildman–Crippen MR) is 82.3 cm³/mol. The Morgan fingerprint density at radius 1 is 1.27 bits per heavy atom. The molecule has 1 aromatic carbocycles. The third-order valence-corrected chi connectivity index (χ3v) is 4.04. The molecule has 4 aromatic rings. The number of fused-ring (bicyclic) bond motifs is 1. The number of nitrogens with one attached hydrogen (secondary N) is 1. The maximum atomic E-state index is 13.3. The van der Waals surface area contributed by atoms with E-state index in [0.29, 0.717) is 12.2 Å². The lowest BCUT2D eigenvalue weighted by Crippen LogP contribution is -1.98. The van der Waals surface area contributed by atoms with Crippen LogP contribution in [0.3, 0.4) is 0 Å². The zero-order chi connectivity index (χ0) is 14.9. The van der Waals surface area contributed by atoms with Gasteiger partial charge in [-0.1, -0.05) is 23.5 Å². The lowest BCUT2D eigenvalue weighted by atomic mass is 10.2. The van der Waals surface area contributed by atoms with Gasteiger partial charge in [-0.15, -0.1) is 5.10 Å². The van der Waals surface area contributed by atoms with Crippen LogP contribution in [0.25, 0.3) is 16.2 Å². The van der Waals surface area contributed by atoms with Crippen LogP contribution in [0.2, 0.25) is 0 Å². The van der Waals surface area contributed by atoms with E-state index in [1.165, 1.54) is 23.5 Å². The summed E-state index contributed by atoms with van der Waals surface area (Å²) in [5.74, 6) is 0.566. The Balaban J connectivity index is 1.57. The summed E-state index contributed by atoms with van der Waals surface area (Å²) in [6.45, 7) is 0.570. The number of halogens is 1. The smallest absolute Gasteiger partial charge is 0.214 e. The second-order valence-electron chi connectivity index (χ2n) is 4.70. The van der Waals surface area contributed by atoms with E-state index in [-0.39, 0.29) is 5.82 Å². The highest BCUT2D eigenvalue weighted by Gasteiger charge is 2.10. The van der Waals surface area contributed by atoms with E-state index in [1.54, 1.807) is 23.0 Å². The van der Waals surface area contributed by atoms with Crippen molar-refractivity contribution >= 4 is 21.4 Å². The Labute approximate surface area is 129 Å². The maximum Gasteiger partial charge on any atom is 0.214 e. The van der Waals surface area contributed by atoms with Crippen molar-refractivity contribution in [3.05, 3.63) is 60.4 Å². The van der Waals surface area contributed by atoms with Gasteiger partial charge in [0.25, 0.3) is 0 Å². The molecule has 0 atom stereocenters. The van der Waals surface area contributed by atoms with Crippen LogP contribution < -0.4 is 5.32 Å². The van der Waals surface area contributed by atoms with E-state index in [9.17, 15) is 4.39 Å². The topological polar surface area (TPSA) is 55.4 Å². The van der Waals surface area contributed by atoms with E-state index in [4.69, 9.17) is 4.42 Å². The molecular formula is C15H11FN4OS. The first-order valence-electron chi connectivity index (χ1n) is 6.66. The Kier molecular flexibility index (Phi) is 3.12. The van der Waals surface area contributed by atoms with Crippen LogP contribution in [0.4, 0.5) is 9.52 Å². The molecule has 110 valence electrons. The van der Waals surface area contributed by atoms with Crippen LogP contribution in [0.1, 0.15) is 5.76 Å². The number of hydrogen-bond donors (Lipinski definition) is 1. The van der Waals surface area contributed by atoms with Crippen molar-refractivity contribution in [1.82, 2.24) is 14.6 Å². The van der Waals surface area contributed by atoms with Gasteiger partial charge in [-0.2, -0.15) is 0 Å². The second-order valence-corrected chi connectivity index (χ2v) is 5.66. The minimum Gasteiger partial charge on any atom is -0.467 e. The van der Waals surface area contributed by atoms with E-state index >= 15 is 0 Å². The molecule has 0 unspecified atom stereocenters. The Morgan fingerprint density at radius 3 is 3.00 bits per heavy atom. The van der Waals surface area contributed by atoms with Gasteiger partial charge >= 0.3 is 0 Å². The molecule has 0 saturated heterocycles. The number of benzene rings is 1. The molecule has 3 aromatic heterocycles. The lowest BCUT2D eigenvalue weighted by molar-refractivity contribution is 0.518. The molecule has 0 aliphatic heterocycles. The molecule has 0 bridgehead atoms. The van der Waals surface area contributed by atoms with Crippen molar-refractivity contribution in [2.24, 2.45) is 0 Å². The van der Waals surface area contributed by atoms with Gasteiger partial charge in [0.1, 0.15) is 11.6 Å². The summed E-state index contributed by atoms with van der Waals surface area (Å²) in [6, 6.07) is 10.1. The average Bonchev–Trinajstić information content (AvgIpc) is 3.21. The minimum absolute atomic E-state index is 0.275. The van der Waals surface area contributed by atoms with E-state index in [2.05, 4.69) is 15.4 Å². The van der Waals surface area contributed by atoms with Crippen molar-refractivity contribution in [2.45, 2.75) is 6.54 Å². The van der Waals surface area contributed by atoms with Gasteiger partial charge < -0.3 is 9.73 Å². The van der Waals surface area contributed by atoms with Crippen LogP contribution in [0, 0.1) is 5.82 Å². The molecule has 0 saturated carbocycles. The average molecular weight is 314 g/mol. The van der Waals surface area contributed by atoms with Crippen LogP contribution in [-0.2, 0) is 6.54 Å². The van der Waals surface area contributed by atoms with Crippen molar-refractivity contribution in [3.8, 4) is 11.3 Å². The molecular weight excluding hydrogens is 303 g/mol. The van der Waals surface area contributed by atoms with Gasteiger partial charge in [0, 0.05) is 5.56 Å². The number of imidazole rings is 1. The van der Waals surface area contributed by atoms with Crippen LogP contribution in [0.15, 0.2) is 53.3 Å². The highest BCUT2D eigenvalue weighted by molar-refractivity contribution is 7.20. The molecule has 0 aliphatic rings. The van der Waals surface area contributed by atoms with Gasteiger partial charge in [-0.25, -0.2) is 13.9 Å². The van der Waals surface area contributed by atoms with Gasteiger partial charge in [0.05, 0.1) is 24.7 Å². The molecule has 0 spiro atoms. The lowest BCUT2D eigenvalue weighted by Gasteiger charge is -1.97. The minimum atomic E-state index is -0.275. The summed E-state index contributed by atoms with van der Waals surface area (Å²) in [7, 11) is 0. The summed E-state index contributed by atoms with van der Waals surface area (Å²) in [6.07, 6.45) is 3.43. The van der Waals surface area contributed by atoms with Crippen LogP contribution >= 0.6 is 11.3 Å². The normalized spacial score (nSPS) is 11.1. The molecule has 7 heteroatoms. The molecule has 0 aliphatic carbocycles. The van der Waals surface area contributed by atoms with Gasteiger partial charge in [-0.3, -0.25) is 0 Å². The summed E-state index contributed by atoms with van der Waals surface area (Å²) in [4.78, 5) is 5.23. The third-order valence-electron chi connectivity index (χ3n) is 3.16. The van der Waals surface area contributed by atoms with Gasteiger partial charge in [-0.05, 0) is 24.3 Å². The highest BCUT2D eigenvalue weighted by Crippen LogP contribution is 2.25. The van der Waals surface area contributed by atoms with Crippen LogP contribution in [0.5, 0.6) is 0 Å². The Bertz CT molecular complexity index is 881. The molecule has 1 N–H and O–H groups in total. The molecule has 0 radical (unpaired) electrons. The maximum absolute atomic E-state index is 13.3. The van der Waals surface area contributed by atoms with Gasteiger partial charge in [0.15, 0.2) is 0 Å². The van der Waals surface area contributed by atoms with Crippen molar-refractivity contribution in [2.75, 3.05) is 5.32 Å². The summed E-state index contributed by atoms with van der Waals surface area (Å²) < 4.78 is 20.2. The second kappa shape index (κ2) is 5.27. The van der Waals surface area contributed by atoms with E-state index < -0.39 is 0 Å². The molecule has 3 heterocycles. The fourth-order valence-corrected chi connectivity index (χ4v) is 2.91. The summed E-state index contributed by atoms with van der Waals surface area (Å²) >= 11 is 1.43. The first-order valence-corrected chi connectivity index (χ1v) is 7.48. The zero-order valence-electron chi connectivity index (χ0n) is 11.4. The fraction of sp³-hybridized carbons (Fsp3) is 0.0667. The predicted octanol–water partition coefficient (Wildman–Crippen LogP) is 3.80. The first-order chi connectivity index (χ1) is 10.8. The quantitative estimate of drug-likeness (QED) is 0.622. The number of furan rings is 1. The molecule has 0 fully saturated rings. The van der Waals surface area contributed by atoms with Crippen molar-refractivity contribution < 1.29 is 8.81 Å². The highest BCUT2D eigenvalue weighted by atomic mass is 32.1. The number of aromatic nitrogens is 3. The number of nitrogens with zero attached hydrogens (tertiary/aromatic N) is 3. The van der Waals surface area contributed by atoms with Gasteiger partial charge in [0.2, 0.25) is 10.1 Å². The zero-order valence-corrected chi connectivity index (χ0v) is 12.2. The molecule has 22 heavy (non-hydrogen) atoms. The van der Waals surface area contributed by atoms with Crippen molar-refractivity contribution in [1.29, 1.82) is 0 Å². The number of rotatable bonds is 4. The van der Waals surface area contributed by atoms with E-state index in [0.717, 1.165) is 21.4 Å². The summed E-state index contributed by atoms with van der Waals surface area (Å²) in [5.41, 5.74) is 1.44. The first kappa shape index (κ1) is 13.0. The third kappa shape index (κ3) is 2.46. The number of hydrogen-bond acceptors (Lipinski definition) is 5. The molecule has 5 nitrogen and oxygen atoms in total. The Hall–Kier alpha value is -2.67.